The van der Waals surface area contributed by atoms with Gasteiger partial charge in [-0.1, -0.05) is 31.2 Å². The minimum atomic E-state index is 0.884. The Hall–Kier alpha value is -1.90. The maximum Gasteiger partial charge on any atom is 0.132 e. The van der Waals surface area contributed by atoms with E-state index in [1.54, 1.807) is 6.33 Å². The summed E-state index contributed by atoms with van der Waals surface area (Å²) in [6.45, 7) is 4.19. The summed E-state index contributed by atoms with van der Waals surface area (Å²) in [4.78, 5) is 8.56. The molecule has 0 unspecified atom stereocenters. The fourth-order valence-electron chi connectivity index (χ4n) is 1.89. The Morgan fingerprint density at radius 2 is 1.82 bits per heavy atom. The Balaban J connectivity index is 2.45. The van der Waals surface area contributed by atoms with Crippen LogP contribution in [0.25, 0.3) is 11.3 Å². The van der Waals surface area contributed by atoms with Crippen molar-refractivity contribution in [3.8, 4) is 11.3 Å². The van der Waals surface area contributed by atoms with Crippen LogP contribution in [-0.2, 0) is 6.42 Å². The van der Waals surface area contributed by atoms with Gasteiger partial charge in [0.2, 0.25) is 0 Å². The highest BCUT2D eigenvalue weighted by molar-refractivity contribution is 5.67. The van der Waals surface area contributed by atoms with Crippen molar-refractivity contribution < 1.29 is 0 Å². The number of hydrogen-bond donors (Lipinski definition) is 1. The van der Waals surface area contributed by atoms with Crippen molar-refractivity contribution in [2.45, 2.75) is 20.3 Å². The molecule has 0 saturated heterocycles. The second-order valence-electron chi connectivity index (χ2n) is 4.00. The Morgan fingerprint density at radius 1 is 1.12 bits per heavy atom. The zero-order chi connectivity index (χ0) is 12.3. The molecule has 1 N–H and O–H groups in total. The quantitative estimate of drug-likeness (QED) is 0.875. The molecular weight excluding hydrogens is 210 g/mol. The van der Waals surface area contributed by atoms with E-state index in [9.17, 15) is 0 Å². The van der Waals surface area contributed by atoms with Crippen LogP contribution < -0.4 is 5.32 Å². The molecule has 1 heterocycles. The van der Waals surface area contributed by atoms with Crippen molar-refractivity contribution in [1.29, 1.82) is 0 Å². The summed E-state index contributed by atoms with van der Waals surface area (Å²) in [5, 5.41) is 3.08. The maximum absolute atomic E-state index is 4.36. The first-order chi connectivity index (χ1) is 8.26. The van der Waals surface area contributed by atoms with Crippen molar-refractivity contribution >= 4 is 5.82 Å². The predicted molar refractivity (Wildman–Crippen MR) is 71.1 cm³/mol. The molecule has 0 fully saturated rings. The number of rotatable bonds is 3. The summed E-state index contributed by atoms with van der Waals surface area (Å²) >= 11 is 0. The van der Waals surface area contributed by atoms with Gasteiger partial charge in [0.05, 0.1) is 5.69 Å². The van der Waals surface area contributed by atoms with Crippen LogP contribution >= 0.6 is 0 Å². The lowest BCUT2D eigenvalue weighted by atomic mass is 10.0. The number of anilines is 1. The van der Waals surface area contributed by atoms with E-state index < -0.39 is 0 Å². The molecule has 3 nitrogen and oxygen atoms in total. The topological polar surface area (TPSA) is 37.8 Å². The molecule has 0 spiro atoms. The molecule has 0 aliphatic carbocycles. The van der Waals surface area contributed by atoms with Gasteiger partial charge >= 0.3 is 0 Å². The molecule has 3 heteroatoms. The highest BCUT2D eigenvalue weighted by Gasteiger charge is 2.07. The summed E-state index contributed by atoms with van der Waals surface area (Å²) in [6.07, 6.45) is 2.66. The monoisotopic (exact) mass is 227 g/mol. The van der Waals surface area contributed by atoms with Gasteiger partial charge in [0.25, 0.3) is 0 Å². The van der Waals surface area contributed by atoms with Crippen LogP contribution in [0.1, 0.15) is 18.1 Å². The van der Waals surface area contributed by atoms with Gasteiger partial charge in [-0.25, -0.2) is 9.97 Å². The standard InChI is InChI=1S/C14H17N3/c1-4-11-5-7-12(8-6-11)13-10(2)14(15-3)17-9-16-13/h5-9H,4H2,1-3H3,(H,15,16,17). The van der Waals surface area contributed by atoms with E-state index in [4.69, 9.17) is 0 Å². The molecule has 17 heavy (non-hydrogen) atoms. The minimum Gasteiger partial charge on any atom is -0.373 e. The van der Waals surface area contributed by atoms with Gasteiger partial charge in [0.1, 0.15) is 12.1 Å². The van der Waals surface area contributed by atoms with Crippen molar-refractivity contribution in [3.63, 3.8) is 0 Å². The molecule has 2 rings (SSSR count). The van der Waals surface area contributed by atoms with Crippen LogP contribution in [0.2, 0.25) is 0 Å². The highest BCUT2D eigenvalue weighted by atomic mass is 15.0. The highest BCUT2D eigenvalue weighted by Crippen LogP contribution is 2.24. The van der Waals surface area contributed by atoms with E-state index in [0.29, 0.717) is 0 Å². The smallest absolute Gasteiger partial charge is 0.132 e. The summed E-state index contributed by atoms with van der Waals surface area (Å²) in [5.74, 6) is 0.884. The van der Waals surface area contributed by atoms with Crippen molar-refractivity contribution in [2.75, 3.05) is 12.4 Å². The number of aromatic nitrogens is 2. The van der Waals surface area contributed by atoms with Gasteiger partial charge in [-0.2, -0.15) is 0 Å². The van der Waals surface area contributed by atoms with Crippen LogP contribution in [0.3, 0.4) is 0 Å². The van der Waals surface area contributed by atoms with Crippen LogP contribution in [-0.4, -0.2) is 17.0 Å². The van der Waals surface area contributed by atoms with E-state index in [1.165, 1.54) is 5.56 Å². The molecule has 2 aromatic rings. The van der Waals surface area contributed by atoms with E-state index in [0.717, 1.165) is 29.1 Å². The summed E-state index contributed by atoms with van der Waals surface area (Å²) in [5.41, 5.74) is 4.55. The second kappa shape index (κ2) is 4.95. The minimum absolute atomic E-state index is 0.884. The van der Waals surface area contributed by atoms with E-state index in [-0.39, 0.29) is 0 Å². The number of hydrogen-bond acceptors (Lipinski definition) is 3. The molecule has 0 saturated carbocycles. The van der Waals surface area contributed by atoms with Crippen molar-refractivity contribution in [2.24, 2.45) is 0 Å². The molecule has 0 bridgehead atoms. The maximum atomic E-state index is 4.36. The van der Waals surface area contributed by atoms with Gasteiger partial charge in [0, 0.05) is 18.2 Å². The van der Waals surface area contributed by atoms with Gasteiger partial charge in [-0.3, -0.25) is 0 Å². The lowest BCUT2D eigenvalue weighted by molar-refractivity contribution is 1.12. The van der Waals surface area contributed by atoms with Gasteiger partial charge in [-0.15, -0.1) is 0 Å². The fraction of sp³-hybridized carbons (Fsp3) is 0.286. The fourth-order valence-corrected chi connectivity index (χ4v) is 1.89. The van der Waals surface area contributed by atoms with Crippen molar-refractivity contribution in [1.82, 2.24) is 9.97 Å². The van der Waals surface area contributed by atoms with Gasteiger partial charge in [0.15, 0.2) is 0 Å². The summed E-state index contributed by atoms with van der Waals surface area (Å²) in [6, 6.07) is 8.53. The Morgan fingerprint density at radius 3 is 2.41 bits per heavy atom. The predicted octanol–water partition coefficient (Wildman–Crippen LogP) is 3.06. The van der Waals surface area contributed by atoms with E-state index in [1.807, 2.05) is 14.0 Å². The molecule has 0 amide bonds. The molecule has 0 radical (unpaired) electrons. The Bertz CT molecular complexity index is 503. The average Bonchev–Trinajstić information content (AvgIpc) is 2.39. The summed E-state index contributed by atoms with van der Waals surface area (Å²) < 4.78 is 0. The number of nitrogens with one attached hydrogen (secondary N) is 1. The number of benzene rings is 1. The molecule has 1 aromatic carbocycles. The molecule has 0 aliphatic rings. The SMILES string of the molecule is CCc1ccc(-c2ncnc(NC)c2C)cc1. The van der Waals surface area contributed by atoms with Crippen molar-refractivity contribution in [3.05, 3.63) is 41.7 Å². The average molecular weight is 227 g/mol. The normalized spacial score (nSPS) is 10.3. The molecular formula is C14H17N3. The molecule has 0 atom stereocenters. The van der Waals surface area contributed by atoms with Gasteiger partial charge in [-0.05, 0) is 18.9 Å². The van der Waals surface area contributed by atoms with E-state index >= 15 is 0 Å². The lowest BCUT2D eigenvalue weighted by Gasteiger charge is -2.09. The third-order valence-corrected chi connectivity index (χ3v) is 2.96. The first-order valence-corrected chi connectivity index (χ1v) is 5.85. The number of aryl methyl sites for hydroxylation is 1. The van der Waals surface area contributed by atoms with Crippen LogP contribution in [0.5, 0.6) is 0 Å². The van der Waals surface area contributed by atoms with Gasteiger partial charge < -0.3 is 5.32 Å². The molecule has 88 valence electrons. The third-order valence-electron chi connectivity index (χ3n) is 2.96. The van der Waals surface area contributed by atoms with Crippen LogP contribution in [0.4, 0.5) is 5.82 Å². The first-order valence-electron chi connectivity index (χ1n) is 5.85. The second-order valence-corrected chi connectivity index (χ2v) is 4.00. The Kier molecular flexibility index (Phi) is 3.38. The first kappa shape index (κ1) is 11.6. The van der Waals surface area contributed by atoms with Crippen LogP contribution in [0.15, 0.2) is 30.6 Å². The third kappa shape index (κ3) is 2.28. The zero-order valence-corrected chi connectivity index (χ0v) is 10.5. The summed E-state index contributed by atoms with van der Waals surface area (Å²) in [7, 11) is 1.87. The van der Waals surface area contributed by atoms with E-state index in [2.05, 4.69) is 46.5 Å². The zero-order valence-electron chi connectivity index (χ0n) is 10.5. The van der Waals surface area contributed by atoms with Crippen LogP contribution in [0, 0.1) is 6.92 Å². The lowest BCUT2D eigenvalue weighted by Crippen LogP contribution is -1.99. The molecule has 0 aliphatic heterocycles. The molecule has 1 aromatic heterocycles. The largest absolute Gasteiger partial charge is 0.373 e. The Labute approximate surface area is 102 Å². The number of nitrogens with zero attached hydrogens (tertiary/aromatic N) is 2.